The van der Waals surface area contributed by atoms with Crippen LogP contribution >= 0.6 is 0 Å². The molecule has 0 saturated carbocycles. The van der Waals surface area contributed by atoms with Gasteiger partial charge < -0.3 is 9.47 Å². The molecule has 2 heteroatoms. The number of hydrogen-bond acceptors (Lipinski definition) is 2. The average molecular weight is 266 g/mol. The van der Waals surface area contributed by atoms with E-state index in [2.05, 4.69) is 44.7 Å². The van der Waals surface area contributed by atoms with Crippen LogP contribution in [0.5, 0.6) is 0 Å². The molecule has 0 N–H and O–H groups in total. The van der Waals surface area contributed by atoms with Gasteiger partial charge in [-0.3, -0.25) is 0 Å². The van der Waals surface area contributed by atoms with Crippen molar-refractivity contribution in [3.05, 3.63) is 83.3 Å². The minimum absolute atomic E-state index is 0.134. The summed E-state index contributed by atoms with van der Waals surface area (Å²) in [6.07, 6.45) is -0.269. The Hall–Kier alpha value is -2.22. The van der Waals surface area contributed by atoms with Gasteiger partial charge in [-0.2, -0.15) is 0 Å². The maximum absolute atomic E-state index is 5.83. The van der Waals surface area contributed by atoms with Crippen molar-refractivity contribution in [2.75, 3.05) is 0 Å². The van der Waals surface area contributed by atoms with Gasteiger partial charge >= 0.3 is 0 Å². The molecule has 2 aromatic carbocycles. The molecule has 0 aromatic heterocycles. The second kappa shape index (κ2) is 5.04. The summed E-state index contributed by atoms with van der Waals surface area (Å²) in [6, 6.07) is 16.5. The first kappa shape index (κ1) is 12.8. The number of aryl methyl sites for hydroxylation is 2. The van der Waals surface area contributed by atoms with Gasteiger partial charge in [0, 0.05) is 0 Å². The molecule has 102 valence electrons. The summed E-state index contributed by atoms with van der Waals surface area (Å²) in [6.45, 7) is 8.00. The molecule has 2 aromatic rings. The highest BCUT2D eigenvalue weighted by atomic mass is 16.7. The lowest BCUT2D eigenvalue weighted by Gasteiger charge is -2.19. The third-order valence-electron chi connectivity index (χ3n) is 3.78. The smallest absolute Gasteiger partial charge is 0.273 e. The van der Waals surface area contributed by atoms with Crippen LogP contribution in [0.15, 0.2) is 61.1 Å². The highest BCUT2D eigenvalue weighted by molar-refractivity contribution is 5.35. The van der Waals surface area contributed by atoms with E-state index in [1.165, 1.54) is 11.1 Å². The van der Waals surface area contributed by atoms with Gasteiger partial charge in [0.05, 0.1) is 0 Å². The lowest BCUT2D eigenvalue weighted by atomic mass is 9.93. The Morgan fingerprint density at radius 1 is 0.750 bits per heavy atom. The van der Waals surface area contributed by atoms with E-state index in [-0.39, 0.29) is 12.2 Å². The third kappa shape index (κ3) is 2.18. The van der Waals surface area contributed by atoms with E-state index in [1.807, 2.05) is 24.3 Å². The quantitative estimate of drug-likeness (QED) is 0.790. The average Bonchev–Trinajstić information content (AvgIpc) is 2.81. The van der Waals surface area contributed by atoms with Crippen LogP contribution in [-0.2, 0) is 9.47 Å². The van der Waals surface area contributed by atoms with Gasteiger partial charge in [0.1, 0.15) is 0 Å². The van der Waals surface area contributed by atoms with E-state index in [4.69, 9.17) is 9.47 Å². The summed E-state index contributed by atoms with van der Waals surface area (Å²) in [5.41, 5.74) is 4.71. The fourth-order valence-corrected chi connectivity index (χ4v) is 2.70. The topological polar surface area (TPSA) is 18.5 Å². The fourth-order valence-electron chi connectivity index (χ4n) is 2.70. The first-order valence-corrected chi connectivity index (χ1v) is 6.80. The van der Waals surface area contributed by atoms with Crippen molar-refractivity contribution < 1.29 is 9.47 Å². The highest BCUT2D eigenvalue weighted by Gasteiger charge is 2.37. The van der Waals surface area contributed by atoms with E-state index in [9.17, 15) is 0 Å². The monoisotopic (exact) mass is 266 g/mol. The van der Waals surface area contributed by atoms with Crippen LogP contribution < -0.4 is 0 Å². The van der Waals surface area contributed by atoms with Crippen molar-refractivity contribution in [2.45, 2.75) is 26.1 Å². The first-order valence-electron chi connectivity index (χ1n) is 6.80. The molecule has 1 heterocycles. The van der Waals surface area contributed by atoms with Crippen LogP contribution in [-0.4, -0.2) is 0 Å². The summed E-state index contributed by atoms with van der Waals surface area (Å²) < 4.78 is 11.7. The molecule has 1 aliphatic rings. The van der Waals surface area contributed by atoms with Gasteiger partial charge in [-0.1, -0.05) is 48.5 Å². The van der Waals surface area contributed by atoms with Gasteiger partial charge in [-0.25, -0.2) is 0 Å². The number of hydrogen-bond donors (Lipinski definition) is 0. The van der Waals surface area contributed by atoms with Crippen LogP contribution in [0.2, 0.25) is 0 Å². The molecule has 20 heavy (non-hydrogen) atoms. The Labute approximate surface area is 119 Å². The van der Waals surface area contributed by atoms with Crippen LogP contribution in [0.1, 0.15) is 34.5 Å². The predicted molar refractivity (Wildman–Crippen MR) is 79.2 cm³/mol. The molecule has 3 rings (SSSR count). The van der Waals surface area contributed by atoms with E-state index in [0.717, 1.165) is 11.1 Å². The van der Waals surface area contributed by atoms with Gasteiger partial charge in [0.2, 0.25) is 0 Å². The molecule has 1 saturated heterocycles. The van der Waals surface area contributed by atoms with Crippen molar-refractivity contribution >= 4 is 0 Å². The number of ether oxygens (including phenoxy) is 2. The molecular formula is C18H18O2. The van der Waals surface area contributed by atoms with E-state index >= 15 is 0 Å². The van der Waals surface area contributed by atoms with E-state index in [1.54, 1.807) is 0 Å². The van der Waals surface area contributed by atoms with Crippen molar-refractivity contribution in [2.24, 2.45) is 0 Å². The van der Waals surface area contributed by atoms with Gasteiger partial charge in [-0.05, 0) is 42.7 Å². The molecule has 0 aliphatic carbocycles. The summed E-state index contributed by atoms with van der Waals surface area (Å²) >= 11 is 0. The largest absolute Gasteiger partial charge is 0.453 e. The maximum atomic E-state index is 5.83. The SMILES string of the molecule is C=C1O[C@@H](c2ccccc2C)[C@H](c2ccccc2C)O1. The summed E-state index contributed by atoms with van der Waals surface area (Å²) in [7, 11) is 0. The predicted octanol–water partition coefficient (Wildman–Crippen LogP) is 4.60. The zero-order chi connectivity index (χ0) is 14.1. The Morgan fingerprint density at radius 2 is 1.15 bits per heavy atom. The second-order valence-corrected chi connectivity index (χ2v) is 5.16. The number of rotatable bonds is 2. The first-order chi connectivity index (χ1) is 9.66. The normalized spacial score (nSPS) is 21.4. The lowest BCUT2D eigenvalue weighted by Crippen LogP contribution is -2.09. The van der Waals surface area contributed by atoms with Gasteiger partial charge in [0.25, 0.3) is 5.95 Å². The van der Waals surface area contributed by atoms with Crippen LogP contribution in [0.4, 0.5) is 0 Å². The minimum Gasteiger partial charge on any atom is -0.453 e. The standard InChI is InChI=1S/C18H18O2/c1-12-8-4-6-10-15(12)17-18(20-14(3)19-17)16-11-7-5-9-13(16)2/h4-11,17-18H,3H2,1-2H3/t17-,18-/m0/s1. The molecule has 2 atom stereocenters. The Morgan fingerprint density at radius 3 is 1.55 bits per heavy atom. The van der Waals surface area contributed by atoms with E-state index < -0.39 is 0 Å². The molecule has 0 amide bonds. The van der Waals surface area contributed by atoms with Crippen molar-refractivity contribution in [3.8, 4) is 0 Å². The van der Waals surface area contributed by atoms with Crippen LogP contribution in [0.25, 0.3) is 0 Å². The molecule has 1 fully saturated rings. The molecule has 2 nitrogen and oxygen atoms in total. The Balaban J connectivity index is 2.04. The minimum atomic E-state index is -0.134. The molecule has 0 unspecified atom stereocenters. The molecular weight excluding hydrogens is 248 g/mol. The fraction of sp³-hybridized carbons (Fsp3) is 0.222. The second-order valence-electron chi connectivity index (χ2n) is 5.16. The summed E-state index contributed by atoms with van der Waals surface area (Å²) in [4.78, 5) is 0. The van der Waals surface area contributed by atoms with Crippen LogP contribution in [0.3, 0.4) is 0 Å². The molecule has 0 spiro atoms. The third-order valence-corrected chi connectivity index (χ3v) is 3.78. The zero-order valence-corrected chi connectivity index (χ0v) is 11.8. The summed E-state index contributed by atoms with van der Waals surface area (Å²) in [5, 5.41) is 0. The van der Waals surface area contributed by atoms with Gasteiger partial charge in [0.15, 0.2) is 12.2 Å². The number of benzene rings is 2. The van der Waals surface area contributed by atoms with Crippen molar-refractivity contribution in [3.63, 3.8) is 0 Å². The van der Waals surface area contributed by atoms with Crippen molar-refractivity contribution in [1.29, 1.82) is 0 Å². The molecule has 0 bridgehead atoms. The van der Waals surface area contributed by atoms with E-state index in [0.29, 0.717) is 5.95 Å². The Kier molecular flexibility index (Phi) is 3.23. The highest BCUT2D eigenvalue weighted by Crippen LogP contribution is 2.45. The maximum Gasteiger partial charge on any atom is 0.273 e. The van der Waals surface area contributed by atoms with Crippen molar-refractivity contribution in [1.82, 2.24) is 0 Å². The van der Waals surface area contributed by atoms with Crippen LogP contribution in [0, 0.1) is 13.8 Å². The van der Waals surface area contributed by atoms with Gasteiger partial charge in [-0.15, -0.1) is 0 Å². The summed E-state index contributed by atoms with van der Waals surface area (Å²) in [5.74, 6) is 0.395. The Bertz CT molecular complexity index is 590. The molecule has 1 aliphatic heterocycles. The molecule has 0 radical (unpaired) electrons. The lowest BCUT2D eigenvalue weighted by molar-refractivity contribution is 0.142. The zero-order valence-electron chi connectivity index (χ0n) is 11.8.